The molecule has 0 aliphatic heterocycles. The lowest BCUT2D eigenvalue weighted by atomic mass is 9.95. The molecule has 0 radical (unpaired) electrons. The first-order chi connectivity index (χ1) is 21.8. The van der Waals surface area contributed by atoms with E-state index in [9.17, 15) is 0 Å². The van der Waals surface area contributed by atoms with Crippen LogP contribution in [0.3, 0.4) is 0 Å². The van der Waals surface area contributed by atoms with E-state index in [-0.39, 0.29) is 0 Å². The molecule has 0 saturated heterocycles. The van der Waals surface area contributed by atoms with Gasteiger partial charge in [0.1, 0.15) is 5.65 Å². The van der Waals surface area contributed by atoms with Crippen LogP contribution in [0.5, 0.6) is 0 Å². The third-order valence-electron chi connectivity index (χ3n) is 9.15. The molecule has 0 N–H and O–H groups in total. The number of pyridine rings is 1. The van der Waals surface area contributed by atoms with Gasteiger partial charge in [-0.05, 0) is 68.7 Å². The maximum Gasteiger partial charge on any atom is 0.147 e. The molecule has 3 heteroatoms. The second-order valence-electron chi connectivity index (χ2n) is 11.6. The molecular weight excluding hydrogens is 553 g/mol. The van der Waals surface area contributed by atoms with E-state index in [0.717, 1.165) is 16.7 Å². The fraction of sp³-hybridized carbons (Fsp3) is 0. The Kier molecular flexibility index (Phi) is 4.90. The highest BCUT2D eigenvalue weighted by Crippen LogP contribution is 2.42. The van der Waals surface area contributed by atoms with Crippen molar-refractivity contribution in [3.8, 4) is 22.3 Å². The summed E-state index contributed by atoms with van der Waals surface area (Å²) in [6.45, 7) is 0. The molecule has 7 aromatic carbocycles. The van der Waals surface area contributed by atoms with Crippen LogP contribution >= 0.6 is 11.3 Å². The van der Waals surface area contributed by atoms with Gasteiger partial charge in [0.2, 0.25) is 0 Å². The normalized spacial score (nSPS) is 12.1. The van der Waals surface area contributed by atoms with Crippen LogP contribution in [0.2, 0.25) is 0 Å². The smallest absolute Gasteiger partial charge is 0.147 e. The molecule has 204 valence electrons. The summed E-state index contributed by atoms with van der Waals surface area (Å²) in [5.41, 5.74) is 9.25. The average molecular weight is 577 g/mol. The van der Waals surface area contributed by atoms with Crippen LogP contribution < -0.4 is 0 Å². The second kappa shape index (κ2) is 9.00. The van der Waals surface area contributed by atoms with Crippen molar-refractivity contribution in [2.24, 2.45) is 0 Å². The van der Waals surface area contributed by atoms with Gasteiger partial charge in [0.15, 0.2) is 0 Å². The molecule has 0 aliphatic rings. The summed E-state index contributed by atoms with van der Waals surface area (Å²) in [5.74, 6) is 0. The van der Waals surface area contributed by atoms with Crippen LogP contribution in [0, 0.1) is 0 Å². The van der Waals surface area contributed by atoms with Gasteiger partial charge in [-0.25, -0.2) is 4.98 Å². The third kappa shape index (κ3) is 3.33. The molecule has 0 fully saturated rings. The van der Waals surface area contributed by atoms with Crippen molar-refractivity contribution >= 4 is 80.6 Å². The van der Waals surface area contributed by atoms with Gasteiger partial charge in [-0.3, -0.25) is 4.40 Å². The molecule has 0 saturated carbocycles. The number of imidazole rings is 1. The van der Waals surface area contributed by atoms with Crippen LogP contribution in [-0.4, -0.2) is 9.38 Å². The molecule has 3 aromatic heterocycles. The van der Waals surface area contributed by atoms with Crippen LogP contribution in [0.15, 0.2) is 146 Å². The maximum absolute atomic E-state index is 5.21. The number of rotatable bonds is 2. The fourth-order valence-corrected chi connectivity index (χ4v) is 8.38. The number of fused-ring (bicyclic) bond motifs is 13. The van der Waals surface area contributed by atoms with E-state index in [0.29, 0.717) is 0 Å². The van der Waals surface area contributed by atoms with Crippen LogP contribution in [0.25, 0.3) is 91.6 Å². The summed E-state index contributed by atoms with van der Waals surface area (Å²) in [6, 6.07) is 53.0. The molecule has 44 heavy (non-hydrogen) atoms. The number of benzene rings is 7. The van der Waals surface area contributed by atoms with Crippen LogP contribution in [0.1, 0.15) is 0 Å². The van der Waals surface area contributed by atoms with Crippen molar-refractivity contribution in [1.29, 1.82) is 0 Å². The van der Waals surface area contributed by atoms with Gasteiger partial charge in [-0.15, -0.1) is 11.3 Å². The zero-order valence-electron chi connectivity index (χ0n) is 23.7. The lowest BCUT2D eigenvalue weighted by molar-refractivity contribution is 1.32. The minimum Gasteiger partial charge on any atom is -0.292 e. The molecule has 10 rings (SSSR count). The summed E-state index contributed by atoms with van der Waals surface area (Å²) >= 11 is 1.88. The minimum atomic E-state index is 1.01. The topological polar surface area (TPSA) is 17.3 Å². The van der Waals surface area contributed by atoms with Crippen molar-refractivity contribution in [1.82, 2.24) is 9.38 Å². The number of hydrogen-bond acceptors (Lipinski definition) is 2. The quantitative estimate of drug-likeness (QED) is 0.187. The maximum atomic E-state index is 5.21. The Hall–Kier alpha value is -5.51. The highest BCUT2D eigenvalue weighted by atomic mass is 32.1. The van der Waals surface area contributed by atoms with Gasteiger partial charge in [0.05, 0.1) is 16.6 Å². The zero-order chi connectivity index (χ0) is 28.8. The van der Waals surface area contributed by atoms with Gasteiger partial charge in [-0.2, -0.15) is 0 Å². The van der Waals surface area contributed by atoms with E-state index in [1.54, 1.807) is 0 Å². The first-order valence-corrected chi connectivity index (χ1v) is 15.8. The molecule has 0 aliphatic carbocycles. The molecule has 0 spiro atoms. The van der Waals surface area contributed by atoms with E-state index < -0.39 is 0 Å². The lowest BCUT2D eigenvalue weighted by Crippen LogP contribution is -1.93. The Labute approximate surface area is 257 Å². The molecule has 10 aromatic rings. The first kappa shape index (κ1) is 24.0. The zero-order valence-corrected chi connectivity index (χ0v) is 24.5. The highest BCUT2D eigenvalue weighted by molar-refractivity contribution is 7.26. The Morgan fingerprint density at radius 1 is 0.477 bits per heavy atom. The highest BCUT2D eigenvalue weighted by Gasteiger charge is 2.17. The Bertz CT molecular complexity index is 2780. The molecule has 3 heterocycles. The molecule has 0 atom stereocenters. The summed E-state index contributed by atoms with van der Waals surface area (Å²) in [4.78, 5) is 5.21. The van der Waals surface area contributed by atoms with Crippen molar-refractivity contribution in [3.63, 3.8) is 0 Å². The number of aromatic nitrogens is 2. The molecule has 0 unspecified atom stereocenters. The van der Waals surface area contributed by atoms with E-state index >= 15 is 0 Å². The van der Waals surface area contributed by atoms with Gasteiger partial charge in [-0.1, -0.05) is 115 Å². The van der Waals surface area contributed by atoms with Crippen LogP contribution in [-0.2, 0) is 0 Å². The average Bonchev–Trinajstić information content (AvgIpc) is 3.67. The summed E-state index contributed by atoms with van der Waals surface area (Å²) in [7, 11) is 0. The summed E-state index contributed by atoms with van der Waals surface area (Å²) in [5, 5.41) is 8.80. The van der Waals surface area contributed by atoms with Gasteiger partial charge >= 0.3 is 0 Å². The number of thiophene rings is 1. The predicted molar refractivity (Wildman–Crippen MR) is 189 cm³/mol. The second-order valence-corrected chi connectivity index (χ2v) is 12.6. The van der Waals surface area contributed by atoms with Gasteiger partial charge in [0, 0.05) is 30.9 Å². The molecule has 0 bridgehead atoms. The summed E-state index contributed by atoms with van der Waals surface area (Å²) < 4.78 is 5.04. The standard InChI is InChI=1S/C41H24N2S/c1-2-12-29-25(9-1)19-22-33-31-21-20-27(24-37(31)43-36-17-5-4-16-35(36)42-41(43)39(29)33)26-10-7-11-28(23-26)30-14-8-15-34-32-13-3-6-18-38(32)44-40(30)34/h1-24H. The van der Waals surface area contributed by atoms with Gasteiger partial charge < -0.3 is 0 Å². The van der Waals surface area contributed by atoms with Crippen LogP contribution in [0.4, 0.5) is 0 Å². The van der Waals surface area contributed by atoms with E-state index in [1.807, 2.05) is 11.3 Å². The van der Waals surface area contributed by atoms with E-state index in [4.69, 9.17) is 4.98 Å². The Morgan fingerprint density at radius 2 is 1.23 bits per heavy atom. The van der Waals surface area contributed by atoms with Crippen molar-refractivity contribution in [2.45, 2.75) is 0 Å². The third-order valence-corrected chi connectivity index (χ3v) is 10.4. The first-order valence-electron chi connectivity index (χ1n) is 15.0. The lowest BCUT2D eigenvalue weighted by Gasteiger charge is -2.13. The number of para-hydroxylation sites is 2. The number of nitrogens with zero attached hydrogens (tertiary/aromatic N) is 2. The SMILES string of the molecule is c1cc(-c2ccc3c4ccc5ccccc5c4c4nc5ccccc5n4c3c2)cc(-c2cccc3c2sc2ccccc23)c1. The Morgan fingerprint density at radius 3 is 2.20 bits per heavy atom. The fourth-order valence-electron chi connectivity index (χ4n) is 7.14. The number of hydrogen-bond donors (Lipinski definition) is 0. The largest absolute Gasteiger partial charge is 0.292 e. The predicted octanol–water partition coefficient (Wildman–Crippen LogP) is 11.6. The van der Waals surface area contributed by atoms with E-state index in [2.05, 4.69) is 150 Å². The Balaban J connectivity index is 1.24. The molecular formula is C41H24N2S. The molecule has 2 nitrogen and oxygen atoms in total. The van der Waals surface area contributed by atoms with Crippen molar-refractivity contribution in [2.75, 3.05) is 0 Å². The van der Waals surface area contributed by atoms with E-state index in [1.165, 1.54) is 74.9 Å². The van der Waals surface area contributed by atoms with Crippen molar-refractivity contribution < 1.29 is 0 Å². The summed E-state index contributed by atoms with van der Waals surface area (Å²) in [6.07, 6.45) is 0. The monoisotopic (exact) mass is 576 g/mol. The minimum absolute atomic E-state index is 1.01. The van der Waals surface area contributed by atoms with Crippen molar-refractivity contribution in [3.05, 3.63) is 146 Å². The van der Waals surface area contributed by atoms with Gasteiger partial charge in [0.25, 0.3) is 0 Å². The molecule has 0 amide bonds.